The van der Waals surface area contributed by atoms with Crippen LogP contribution in [0.15, 0.2) is 0 Å². The number of fused-ring (bicyclic) bond motifs is 1. The van der Waals surface area contributed by atoms with Crippen LogP contribution in [0.2, 0.25) is 0 Å². The smallest absolute Gasteiger partial charge is 0.312 e. The molecule has 1 aromatic rings. The lowest BCUT2D eigenvalue weighted by Gasteiger charge is -2.28. The summed E-state index contributed by atoms with van der Waals surface area (Å²) in [5.74, 6) is -0.225. The molecule has 5 heteroatoms. The number of thiazole rings is 1. The molecule has 0 spiro atoms. The molecule has 4 nitrogen and oxygen atoms in total. The second kappa shape index (κ2) is 6.34. The van der Waals surface area contributed by atoms with Gasteiger partial charge >= 0.3 is 5.97 Å². The Bertz CT molecular complexity index is 506. The normalized spacial score (nSPS) is 28.9. The summed E-state index contributed by atoms with van der Waals surface area (Å²) in [7, 11) is 0. The van der Waals surface area contributed by atoms with Crippen molar-refractivity contribution in [2.75, 3.05) is 5.32 Å². The van der Waals surface area contributed by atoms with Gasteiger partial charge in [-0.05, 0) is 50.9 Å². The number of hydrogen-bond donors (Lipinski definition) is 2. The van der Waals surface area contributed by atoms with Gasteiger partial charge in [-0.25, -0.2) is 4.98 Å². The van der Waals surface area contributed by atoms with Crippen molar-refractivity contribution in [3.8, 4) is 0 Å². The van der Waals surface area contributed by atoms with E-state index in [9.17, 15) is 9.90 Å². The Labute approximate surface area is 130 Å². The minimum atomic E-state index is -0.726. The summed E-state index contributed by atoms with van der Waals surface area (Å²) in [6.07, 6.45) is 9.00. The van der Waals surface area contributed by atoms with E-state index in [1.54, 1.807) is 11.3 Å². The number of aliphatic carboxylic acids is 1. The first kappa shape index (κ1) is 14.8. The van der Waals surface area contributed by atoms with E-state index in [4.69, 9.17) is 0 Å². The molecule has 1 aromatic heterocycles. The quantitative estimate of drug-likeness (QED) is 0.881. The van der Waals surface area contributed by atoms with Crippen LogP contribution in [0.1, 0.15) is 68.4 Å². The van der Waals surface area contributed by atoms with Gasteiger partial charge in [0.25, 0.3) is 0 Å². The molecule has 2 aliphatic rings. The van der Waals surface area contributed by atoms with E-state index < -0.39 is 11.9 Å². The van der Waals surface area contributed by atoms with E-state index in [2.05, 4.69) is 17.2 Å². The molecule has 0 bridgehead atoms. The Hall–Kier alpha value is -1.10. The molecule has 2 aliphatic carbocycles. The molecule has 21 heavy (non-hydrogen) atoms. The molecule has 116 valence electrons. The zero-order valence-corrected chi connectivity index (χ0v) is 13.4. The average molecular weight is 308 g/mol. The first-order valence-corrected chi connectivity index (χ1v) is 8.98. The molecule has 1 atom stereocenters. The third kappa shape index (κ3) is 3.23. The van der Waals surface area contributed by atoms with Crippen molar-refractivity contribution in [3.05, 3.63) is 10.6 Å². The highest BCUT2D eigenvalue weighted by Crippen LogP contribution is 2.38. The van der Waals surface area contributed by atoms with Crippen LogP contribution < -0.4 is 5.32 Å². The van der Waals surface area contributed by atoms with E-state index >= 15 is 0 Å². The molecule has 0 saturated heterocycles. The summed E-state index contributed by atoms with van der Waals surface area (Å²) >= 11 is 1.67. The van der Waals surface area contributed by atoms with Crippen molar-refractivity contribution in [1.82, 2.24) is 4.98 Å². The molecule has 2 N–H and O–H groups in total. The van der Waals surface area contributed by atoms with Crippen molar-refractivity contribution in [2.24, 2.45) is 5.92 Å². The molecular weight excluding hydrogens is 284 g/mol. The van der Waals surface area contributed by atoms with E-state index in [0.29, 0.717) is 6.04 Å². The molecule has 1 fully saturated rings. The molecule has 0 aliphatic heterocycles. The second-order valence-corrected chi connectivity index (χ2v) is 7.46. The summed E-state index contributed by atoms with van der Waals surface area (Å²) < 4.78 is 0. The molecule has 0 radical (unpaired) electrons. The van der Waals surface area contributed by atoms with Gasteiger partial charge in [-0.3, -0.25) is 4.79 Å². The maximum absolute atomic E-state index is 11.3. The Morgan fingerprint density at radius 3 is 2.76 bits per heavy atom. The number of hydrogen-bond acceptors (Lipinski definition) is 4. The first-order valence-electron chi connectivity index (χ1n) is 8.16. The van der Waals surface area contributed by atoms with Crippen LogP contribution in [0.25, 0.3) is 0 Å². The van der Waals surface area contributed by atoms with Gasteiger partial charge in [0, 0.05) is 10.9 Å². The molecule has 1 unspecified atom stereocenters. The predicted octanol–water partition coefficient (Wildman–Crippen LogP) is 4.03. The van der Waals surface area contributed by atoms with Gasteiger partial charge in [-0.2, -0.15) is 0 Å². The summed E-state index contributed by atoms with van der Waals surface area (Å²) in [5.41, 5.74) is 0.823. The lowest BCUT2D eigenvalue weighted by atomic mass is 9.85. The monoisotopic (exact) mass is 308 g/mol. The van der Waals surface area contributed by atoms with Crippen molar-refractivity contribution < 1.29 is 9.90 Å². The number of rotatable bonds is 4. The van der Waals surface area contributed by atoms with Crippen LogP contribution in [0, 0.1) is 5.92 Å². The molecule has 1 heterocycles. The highest BCUT2D eigenvalue weighted by molar-refractivity contribution is 7.15. The van der Waals surface area contributed by atoms with E-state index in [1.807, 2.05) is 0 Å². The highest BCUT2D eigenvalue weighted by atomic mass is 32.1. The molecule has 0 aromatic carbocycles. The number of nitrogens with one attached hydrogen (secondary N) is 1. The van der Waals surface area contributed by atoms with Crippen molar-refractivity contribution in [3.63, 3.8) is 0 Å². The maximum atomic E-state index is 11.3. The van der Waals surface area contributed by atoms with Gasteiger partial charge in [-0.15, -0.1) is 11.3 Å². The van der Waals surface area contributed by atoms with Crippen LogP contribution in [0.4, 0.5) is 5.13 Å². The van der Waals surface area contributed by atoms with Crippen molar-refractivity contribution >= 4 is 22.4 Å². The molecule has 3 rings (SSSR count). The number of anilines is 1. The fourth-order valence-corrected chi connectivity index (χ4v) is 4.75. The van der Waals surface area contributed by atoms with Gasteiger partial charge in [0.05, 0.1) is 5.69 Å². The Morgan fingerprint density at radius 2 is 2.10 bits per heavy atom. The van der Waals surface area contributed by atoms with Gasteiger partial charge < -0.3 is 10.4 Å². The van der Waals surface area contributed by atoms with Crippen LogP contribution >= 0.6 is 11.3 Å². The lowest BCUT2D eigenvalue weighted by Crippen LogP contribution is -2.25. The van der Waals surface area contributed by atoms with Crippen molar-refractivity contribution in [1.29, 1.82) is 0 Å². The highest BCUT2D eigenvalue weighted by Gasteiger charge is 2.30. The number of carbonyl (C=O) groups is 1. The van der Waals surface area contributed by atoms with Gasteiger partial charge in [0.15, 0.2) is 5.13 Å². The number of nitrogens with zero attached hydrogens (tertiary/aromatic N) is 1. The van der Waals surface area contributed by atoms with E-state index in [-0.39, 0.29) is 0 Å². The minimum absolute atomic E-state index is 0.392. The lowest BCUT2D eigenvalue weighted by molar-refractivity contribution is -0.139. The third-order valence-electron chi connectivity index (χ3n) is 5.00. The maximum Gasteiger partial charge on any atom is 0.312 e. The van der Waals surface area contributed by atoms with Gasteiger partial charge in [0.1, 0.15) is 5.92 Å². The van der Waals surface area contributed by atoms with Crippen LogP contribution in [-0.4, -0.2) is 22.1 Å². The predicted molar refractivity (Wildman–Crippen MR) is 85.1 cm³/mol. The van der Waals surface area contributed by atoms with Crippen molar-refractivity contribution in [2.45, 2.75) is 70.3 Å². The summed E-state index contributed by atoms with van der Waals surface area (Å²) in [6.45, 7) is 2.28. The zero-order valence-electron chi connectivity index (χ0n) is 12.6. The van der Waals surface area contributed by atoms with Gasteiger partial charge in [-0.1, -0.05) is 13.3 Å². The topological polar surface area (TPSA) is 62.2 Å². The van der Waals surface area contributed by atoms with E-state index in [1.165, 1.54) is 37.0 Å². The molecular formula is C16H24N2O2S. The number of carboxylic acids is 1. The summed E-state index contributed by atoms with van der Waals surface area (Å²) in [4.78, 5) is 17.1. The van der Waals surface area contributed by atoms with Crippen LogP contribution in [-0.2, 0) is 11.2 Å². The zero-order chi connectivity index (χ0) is 14.8. The number of aryl methyl sites for hydroxylation is 1. The SMILES string of the molecule is CCC1CCC(Nc2nc3c(s2)CCCC3C(=O)O)CC1. The Kier molecular flexibility index (Phi) is 4.48. The fourth-order valence-electron chi connectivity index (χ4n) is 3.61. The Balaban J connectivity index is 1.66. The first-order chi connectivity index (χ1) is 10.2. The van der Waals surface area contributed by atoms with E-state index in [0.717, 1.165) is 36.0 Å². The summed E-state index contributed by atoms with van der Waals surface area (Å²) in [5, 5.41) is 13.8. The average Bonchev–Trinajstić information content (AvgIpc) is 2.89. The minimum Gasteiger partial charge on any atom is -0.481 e. The second-order valence-electron chi connectivity index (χ2n) is 6.38. The van der Waals surface area contributed by atoms with Gasteiger partial charge in [0.2, 0.25) is 0 Å². The molecule has 0 amide bonds. The number of aromatic nitrogens is 1. The third-order valence-corrected chi connectivity index (χ3v) is 6.07. The summed E-state index contributed by atoms with van der Waals surface area (Å²) in [6, 6.07) is 0.517. The number of carboxylic acid groups (broad SMARTS) is 1. The standard InChI is InChI=1S/C16H24N2O2S/c1-2-10-6-8-11(9-7-10)17-16-18-14-12(15(19)20)4-3-5-13(14)21-16/h10-12H,2-9H2,1H3,(H,17,18)(H,19,20). The van der Waals surface area contributed by atoms with Crippen LogP contribution in [0.3, 0.4) is 0 Å². The molecule has 1 saturated carbocycles. The largest absolute Gasteiger partial charge is 0.481 e. The van der Waals surface area contributed by atoms with Crippen LogP contribution in [0.5, 0.6) is 0 Å². The Morgan fingerprint density at radius 1 is 1.33 bits per heavy atom. The fraction of sp³-hybridized carbons (Fsp3) is 0.750.